The molecule has 3 aromatic heterocycles. The zero-order valence-electron chi connectivity index (χ0n) is 37.2. The first-order valence-corrected chi connectivity index (χ1v) is 22.6. The topological polar surface area (TPSA) is 14.8 Å². The van der Waals surface area contributed by atoms with Gasteiger partial charge in [0.2, 0.25) is 6.71 Å². The van der Waals surface area contributed by atoms with Crippen molar-refractivity contribution in [2.24, 2.45) is 0 Å². The zero-order valence-corrected chi connectivity index (χ0v) is 37.2. The lowest BCUT2D eigenvalue weighted by atomic mass is 9.34. The van der Waals surface area contributed by atoms with Gasteiger partial charge in [-0.3, -0.25) is 0 Å². The molecule has 3 heterocycles. The van der Waals surface area contributed by atoms with Crippen molar-refractivity contribution in [1.82, 2.24) is 13.7 Å². The number of rotatable bonds is 6. The molecule has 306 valence electrons. The Labute approximate surface area is 374 Å². The van der Waals surface area contributed by atoms with Crippen LogP contribution in [0.2, 0.25) is 0 Å². The Morgan fingerprint density at radius 1 is 0.297 bits per heavy atom. The Morgan fingerprint density at radius 2 is 0.547 bits per heavy atom. The molecule has 3 nitrogen and oxygen atoms in total. The van der Waals surface area contributed by atoms with Gasteiger partial charge in [0.25, 0.3) is 0 Å². The second-order valence-electron chi connectivity index (χ2n) is 18.1. The van der Waals surface area contributed by atoms with E-state index in [-0.39, 0.29) is 6.71 Å². The first kappa shape index (κ1) is 38.1. The molecule has 0 N–H and O–H groups in total. The van der Waals surface area contributed by atoms with Crippen LogP contribution in [0.15, 0.2) is 182 Å². The molecule has 0 unspecified atom stereocenters. The first-order chi connectivity index (χ1) is 31.3. The van der Waals surface area contributed by atoms with Crippen LogP contribution in [-0.4, -0.2) is 20.4 Å². The van der Waals surface area contributed by atoms with Gasteiger partial charge in [-0.05, 0) is 90.1 Å². The second-order valence-corrected chi connectivity index (χ2v) is 18.1. The molecule has 0 saturated carbocycles. The van der Waals surface area contributed by atoms with Crippen LogP contribution in [0.25, 0.3) is 82.5 Å². The maximum atomic E-state index is 2.56. The van der Waals surface area contributed by atoms with Gasteiger partial charge in [-0.15, -0.1) is 0 Å². The maximum Gasteiger partial charge on any atom is 0.242 e. The standard InChI is InChI=1S/C60H48BN3/c1-37-31-39(3)58(40(4)32-37)61(59-41(5)33-38(2)34-42(59)6)43-35-56(62-50-25-13-7-19-44(50)45-20-8-14-26-51(45)62)60(64-54-29-17-11-23-48(54)49-24-12-18-30-55(49)64)57(36-43)63-52-27-15-9-21-46(52)47-22-10-16-28-53(47)63/h7-36H,1-6H3. The van der Waals surface area contributed by atoms with Crippen LogP contribution in [0.3, 0.4) is 0 Å². The molecule has 12 aromatic rings. The van der Waals surface area contributed by atoms with Gasteiger partial charge < -0.3 is 13.7 Å². The van der Waals surface area contributed by atoms with E-state index in [1.807, 2.05) is 0 Å². The molecule has 4 heteroatoms. The van der Waals surface area contributed by atoms with E-state index in [1.165, 1.54) is 115 Å². The number of aryl methyl sites for hydroxylation is 6. The third kappa shape index (κ3) is 5.61. The summed E-state index contributed by atoms with van der Waals surface area (Å²) in [6.07, 6.45) is 0. The SMILES string of the molecule is Cc1cc(C)c(B(c2cc(-n3c4ccccc4c4ccccc43)c(-n3c4ccccc4c4ccccc43)c(-n3c4ccccc4c4ccccc43)c2)c2c(C)cc(C)cc2C)c(C)c1. The van der Waals surface area contributed by atoms with Gasteiger partial charge in [-0.1, -0.05) is 183 Å². The van der Waals surface area contributed by atoms with Crippen LogP contribution < -0.4 is 16.4 Å². The van der Waals surface area contributed by atoms with E-state index < -0.39 is 0 Å². The highest BCUT2D eigenvalue weighted by Gasteiger charge is 2.33. The lowest BCUT2D eigenvalue weighted by molar-refractivity contribution is 1.05. The van der Waals surface area contributed by atoms with Crippen molar-refractivity contribution >= 4 is 88.5 Å². The van der Waals surface area contributed by atoms with Crippen molar-refractivity contribution in [3.63, 3.8) is 0 Å². The summed E-state index contributed by atoms with van der Waals surface area (Å²) in [6.45, 7) is 13.6. The predicted octanol–water partition coefficient (Wildman–Crippen LogP) is 13.3. The van der Waals surface area contributed by atoms with Gasteiger partial charge in [0.1, 0.15) is 0 Å². The average molecular weight is 822 g/mol. The summed E-state index contributed by atoms with van der Waals surface area (Å²) >= 11 is 0. The molecule has 0 fully saturated rings. The van der Waals surface area contributed by atoms with Crippen LogP contribution >= 0.6 is 0 Å². The smallest absolute Gasteiger partial charge is 0.242 e. The molecule has 0 radical (unpaired) electrons. The minimum Gasteiger partial charge on any atom is -0.307 e. The normalized spacial score (nSPS) is 11.9. The van der Waals surface area contributed by atoms with Crippen molar-refractivity contribution in [2.75, 3.05) is 0 Å². The Balaban J connectivity index is 1.37. The quantitative estimate of drug-likeness (QED) is 0.148. The van der Waals surface area contributed by atoms with E-state index in [9.17, 15) is 0 Å². The number of para-hydroxylation sites is 6. The van der Waals surface area contributed by atoms with Crippen LogP contribution in [-0.2, 0) is 0 Å². The molecule has 9 aromatic carbocycles. The second kappa shape index (κ2) is 14.5. The van der Waals surface area contributed by atoms with Gasteiger partial charge >= 0.3 is 0 Å². The fourth-order valence-electron chi connectivity index (χ4n) is 11.7. The largest absolute Gasteiger partial charge is 0.307 e. The molecular weight excluding hydrogens is 773 g/mol. The van der Waals surface area contributed by atoms with E-state index in [2.05, 4.69) is 237 Å². The molecule has 0 spiro atoms. The molecule has 0 amide bonds. The summed E-state index contributed by atoms with van der Waals surface area (Å²) in [6, 6.07) is 68.3. The van der Waals surface area contributed by atoms with Gasteiger partial charge in [0.05, 0.1) is 50.2 Å². The van der Waals surface area contributed by atoms with E-state index in [0.717, 1.165) is 17.1 Å². The lowest BCUT2D eigenvalue weighted by Gasteiger charge is -2.28. The summed E-state index contributed by atoms with van der Waals surface area (Å²) < 4.78 is 7.68. The first-order valence-electron chi connectivity index (χ1n) is 22.6. The highest BCUT2D eigenvalue weighted by Crippen LogP contribution is 2.42. The number of hydrogen-bond donors (Lipinski definition) is 0. The van der Waals surface area contributed by atoms with E-state index >= 15 is 0 Å². The van der Waals surface area contributed by atoms with Gasteiger partial charge in [0.15, 0.2) is 0 Å². The summed E-state index contributed by atoms with van der Waals surface area (Å²) in [5.41, 5.74) is 22.3. The van der Waals surface area contributed by atoms with Gasteiger partial charge in [-0.25, -0.2) is 0 Å². The van der Waals surface area contributed by atoms with Crippen molar-refractivity contribution < 1.29 is 0 Å². The van der Waals surface area contributed by atoms with E-state index in [0.29, 0.717) is 0 Å². The Bertz CT molecular complexity index is 3480. The Kier molecular flexibility index (Phi) is 8.65. The molecule has 0 aliphatic heterocycles. The molecule has 0 bridgehead atoms. The molecule has 12 rings (SSSR count). The summed E-state index contributed by atoms with van der Waals surface area (Å²) in [4.78, 5) is 0. The third-order valence-corrected chi connectivity index (χ3v) is 13.9. The van der Waals surface area contributed by atoms with Crippen LogP contribution in [0.5, 0.6) is 0 Å². The summed E-state index contributed by atoms with van der Waals surface area (Å²) in [5.74, 6) is 0. The molecule has 64 heavy (non-hydrogen) atoms. The Morgan fingerprint density at radius 3 is 0.828 bits per heavy atom. The van der Waals surface area contributed by atoms with Crippen LogP contribution in [0.1, 0.15) is 33.4 Å². The number of hydrogen-bond acceptors (Lipinski definition) is 0. The molecular formula is C60H48BN3. The minimum atomic E-state index is -0.0629. The molecule has 0 aliphatic carbocycles. The maximum absolute atomic E-state index is 2.56. The van der Waals surface area contributed by atoms with Gasteiger partial charge in [-0.2, -0.15) is 0 Å². The number of benzene rings is 9. The predicted molar refractivity (Wildman–Crippen MR) is 275 cm³/mol. The van der Waals surface area contributed by atoms with Gasteiger partial charge in [0, 0.05) is 32.3 Å². The monoisotopic (exact) mass is 821 g/mol. The number of nitrogens with zero attached hydrogens (tertiary/aromatic N) is 3. The van der Waals surface area contributed by atoms with Crippen LogP contribution in [0, 0.1) is 41.5 Å². The van der Waals surface area contributed by atoms with Crippen LogP contribution in [0.4, 0.5) is 0 Å². The summed E-state index contributed by atoms with van der Waals surface area (Å²) in [7, 11) is 0. The zero-order chi connectivity index (χ0) is 43.4. The number of aromatic nitrogens is 3. The van der Waals surface area contributed by atoms with Crippen molar-refractivity contribution in [1.29, 1.82) is 0 Å². The lowest BCUT2D eigenvalue weighted by Crippen LogP contribution is -2.56. The van der Waals surface area contributed by atoms with Crippen molar-refractivity contribution in [3.05, 3.63) is 215 Å². The number of fused-ring (bicyclic) bond motifs is 9. The van der Waals surface area contributed by atoms with Crippen molar-refractivity contribution in [2.45, 2.75) is 41.5 Å². The average Bonchev–Trinajstić information content (AvgIpc) is 3.93. The van der Waals surface area contributed by atoms with E-state index in [1.54, 1.807) is 0 Å². The molecule has 0 saturated heterocycles. The highest BCUT2D eigenvalue weighted by molar-refractivity contribution is 6.96. The van der Waals surface area contributed by atoms with E-state index in [4.69, 9.17) is 0 Å². The van der Waals surface area contributed by atoms with Crippen molar-refractivity contribution in [3.8, 4) is 17.1 Å². The fourth-order valence-corrected chi connectivity index (χ4v) is 11.7. The Hall–Kier alpha value is -7.56. The minimum absolute atomic E-state index is 0.0629. The third-order valence-electron chi connectivity index (χ3n) is 13.9. The fraction of sp³-hybridized carbons (Fsp3) is 0.100. The molecule has 0 aliphatic rings. The highest BCUT2D eigenvalue weighted by atomic mass is 15.1. The molecule has 0 atom stereocenters. The summed E-state index contributed by atoms with van der Waals surface area (Å²) in [5, 5.41) is 7.42.